The van der Waals surface area contributed by atoms with Gasteiger partial charge in [0.2, 0.25) is 0 Å². The van der Waals surface area contributed by atoms with Crippen LogP contribution >= 0.6 is 0 Å². The SMILES string of the molecule is [N]=CNN1CCOCC1. The molecule has 9 heavy (non-hydrogen) atoms. The van der Waals surface area contributed by atoms with Crippen molar-refractivity contribution in [3.8, 4) is 0 Å². The Morgan fingerprint density at radius 1 is 1.44 bits per heavy atom. The zero-order chi connectivity index (χ0) is 6.53. The molecule has 0 unspecified atom stereocenters. The van der Waals surface area contributed by atoms with Gasteiger partial charge in [-0.1, -0.05) is 0 Å². The van der Waals surface area contributed by atoms with Crippen LogP contribution in [0.25, 0.3) is 0 Å². The number of nitrogens with one attached hydrogen (secondary N) is 1. The monoisotopic (exact) mass is 128 g/mol. The Bertz CT molecular complexity index is 90.2. The first-order valence-corrected chi connectivity index (χ1v) is 2.98. The Morgan fingerprint density at radius 2 is 2.11 bits per heavy atom. The summed E-state index contributed by atoms with van der Waals surface area (Å²) in [5, 5.41) is 10.2. The third-order valence-corrected chi connectivity index (χ3v) is 1.25. The van der Waals surface area contributed by atoms with Gasteiger partial charge in [0.25, 0.3) is 0 Å². The number of nitrogens with zero attached hydrogens (tertiary/aromatic N) is 2. The molecule has 0 spiro atoms. The minimum atomic E-state index is 0.737. The molecule has 4 heteroatoms. The molecule has 0 aromatic carbocycles. The fraction of sp³-hybridized carbons (Fsp3) is 0.800. The average Bonchev–Trinajstić information content (AvgIpc) is 1.91. The van der Waals surface area contributed by atoms with Gasteiger partial charge in [-0.25, -0.2) is 5.01 Å². The highest BCUT2D eigenvalue weighted by Crippen LogP contribution is 1.89. The second kappa shape index (κ2) is 3.42. The van der Waals surface area contributed by atoms with E-state index in [1.54, 1.807) is 0 Å². The summed E-state index contributed by atoms with van der Waals surface area (Å²) in [6.45, 7) is 3.13. The molecule has 0 aromatic heterocycles. The van der Waals surface area contributed by atoms with Crippen LogP contribution < -0.4 is 10.8 Å². The summed E-state index contributed by atoms with van der Waals surface area (Å²) < 4.78 is 5.07. The Hall–Kier alpha value is -0.610. The van der Waals surface area contributed by atoms with Crippen LogP contribution in [0.15, 0.2) is 0 Å². The predicted octanol–water partition coefficient (Wildman–Crippen LogP) is -1.35. The van der Waals surface area contributed by atoms with Crippen molar-refractivity contribution in [2.45, 2.75) is 0 Å². The molecule has 1 heterocycles. The summed E-state index contributed by atoms with van der Waals surface area (Å²) in [6, 6.07) is 0. The summed E-state index contributed by atoms with van der Waals surface area (Å²) in [5.41, 5.74) is 2.67. The van der Waals surface area contributed by atoms with Crippen LogP contribution in [-0.4, -0.2) is 37.7 Å². The van der Waals surface area contributed by atoms with Crippen LogP contribution in [-0.2, 0) is 4.74 Å². The van der Waals surface area contributed by atoms with Gasteiger partial charge in [-0.3, -0.25) is 0 Å². The van der Waals surface area contributed by atoms with Gasteiger partial charge in [0.15, 0.2) is 0 Å². The first-order chi connectivity index (χ1) is 4.43. The largest absolute Gasteiger partial charge is 0.379 e. The minimum Gasteiger partial charge on any atom is -0.379 e. The lowest BCUT2D eigenvalue weighted by atomic mass is 10.5. The van der Waals surface area contributed by atoms with Crippen molar-refractivity contribution in [2.75, 3.05) is 26.3 Å². The average molecular weight is 128 g/mol. The molecule has 1 rings (SSSR count). The van der Waals surface area contributed by atoms with Gasteiger partial charge in [-0.2, -0.15) is 0 Å². The van der Waals surface area contributed by atoms with E-state index in [2.05, 4.69) is 5.43 Å². The van der Waals surface area contributed by atoms with E-state index in [0.717, 1.165) is 32.6 Å². The smallest absolute Gasteiger partial charge is 0.125 e. The molecule has 1 saturated heterocycles. The quantitative estimate of drug-likeness (QED) is 0.369. The molecular formula is C5H10N3O. The maximum absolute atomic E-state index is 8.30. The van der Waals surface area contributed by atoms with Gasteiger partial charge in [-0.15, -0.1) is 5.41 Å². The van der Waals surface area contributed by atoms with Crippen LogP contribution in [0.3, 0.4) is 0 Å². The maximum Gasteiger partial charge on any atom is 0.125 e. The van der Waals surface area contributed by atoms with Gasteiger partial charge < -0.3 is 10.2 Å². The van der Waals surface area contributed by atoms with E-state index in [9.17, 15) is 0 Å². The van der Waals surface area contributed by atoms with E-state index in [4.69, 9.17) is 10.1 Å². The molecule has 0 saturated carbocycles. The normalized spacial score (nSPS) is 21.3. The summed E-state index contributed by atoms with van der Waals surface area (Å²) >= 11 is 0. The number of hydrazine groups is 1. The number of morpholine rings is 1. The van der Waals surface area contributed by atoms with Crippen LogP contribution in [0, 0.1) is 0 Å². The van der Waals surface area contributed by atoms with Crippen LogP contribution in [0.2, 0.25) is 0 Å². The fourth-order valence-corrected chi connectivity index (χ4v) is 0.774. The zero-order valence-electron chi connectivity index (χ0n) is 5.21. The van der Waals surface area contributed by atoms with Crippen LogP contribution in [0.1, 0.15) is 0 Å². The molecule has 0 bridgehead atoms. The summed E-state index contributed by atoms with van der Waals surface area (Å²) in [5.74, 6) is 0. The Kier molecular flexibility index (Phi) is 2.48. The van der Waals surface area contributed by atoms with E-state index in [1.807, 2.05) is 5.01 Å². The van der Waals surface area contributed by atoms with Crippen molar-refractivity contribution in [1.82, 2.24) is 15.8 Å². The predicted molar refractivity (Wildman–Crippen MR) is 33.7 cm³/mol. The highest BCUT2D eigenvalue weighted by molar-refractivity contribution is 5.49. The van der Waals surface area contributed by atoms with Gasteiger partial charge in [-0.05, 0) is 0 Å². The zero-order valence-corrected chi connectivity index (χ0v) is 5.21. The van der Waals surface area contributed by atoms with Crippen LogP contribution in [0.5, 0.6) is 0 Å². The topological polar surface area (TPSA) is 46.8 Å². The highest BCUT2D eigenvalue weighted by Gasteiger charge is 2.06. The van der Waals surface area contributed by atoms with Crippen molar-refractivity contribution < 1.29 is 4.74 Å². The molecule has 51 valence electrons. The molecule has 0 aliphatic carbocycles. The molecule has 1 radical (unpaired) electrons. The van der Waals surface area contributed by atoms with Gasteiger partial charge in [0.1, 0.15) is 6.34 Å². The fourth-order valence-electron chi connectivity index (χ4n) is 0.774. The number of hydrogen-bond acceptors (Lipinski definition) is 2. The van der Waals surface area contributed by atoms with E-state index < -0.39 is 0 Å². The number of hydrogen-bond donors (Lipinski definition) is 1. The van der Waals surface area contributed by atoms with Gasteiger partial charge >= 0.3 is 0 Å². The van der Waals surface area contributed by atoms with E-state index in [-0.39, 0.29) is 0 Å². The summed E-state index contributed by atoms with van der Waals surface area (Å²) in [6.07, 6.45) is 0.936. The number of ether oxygens (including phenoxy) is 1. The Balaban J connectivity index is 2.15. The van der Waals surface area contributed by atoms with E-state index in [0.29, 0.717) is 0 Å². The Labute approximate surface area is 54.3 Å². The summed E-state index contributed by atoms with van der Waals surface area (Å²) in [7, 11) is 0. The van der Waals surface area contributed by atoms with Gasteiger partial charge in [0, 0.05) is 13.1 Å². The lowest BCUT2D eigenvalue weighted by Gasteiger charge is -2.25. The van der Waals surface area contributed by atoms with Crippen LogP contribution in [0.4, 0.5) is 0 Å². The third-order valence-electron chi connectivity index (χ3n) is 1.25. The summed E-state index contributed by atoms with van der Waals surface area (Å²) in [4.78, 5) is 0. The third kappa shape index (κ3) is 1.99. The molecule has 1 N–H and O–H groups in total. The molecule has 1 aliphatic rings. The molecule has 0 aromatic rings. The minimum absolute atomic E-state index is 0.737. The van der Waals surface area contributed by atoms with E-state index in [1.165, 1.54) is 0 Å². The van der Waals surface area contributed by atoms with Crippen molar-refractivity contribution in [1.29, 1.82) is 0 Å². The molecule has 1 fully saturated rings. The van der Waals surface area contributed by atoms with Crippen molar-refractivity contribution in [3.05, 3.63) is 0 Å². The second-order valence-corrected chi connectivity index (χ2v) is 1.86. The van der Waals surface area contributed by atoms with Crippen molar-refractivity contribution >= 4 is 6.34 Å². The van der Waals surface area contributed by atoms with Crippen molar-refractivity contribution in [2.24, 2.45) is 0 Å². The molecular weight excluding hydrogens is 118 g/mol. The maximum atomic E-state index is 8.30. The van der Waals surface area contributed by atoms with E-state index >= 15 is 0 Å². The molecule has 4 nitrogen and oxygen atoms in total. The first kappa shape index (κ1) is 6.51. The molecule has 0 atom stereocenters. The number of rotatable bonds is 2. The lowest BCUT2D eigenvalue weighted by molar-refractivity contribution is 0.0257. The molecule has 1 aliphatic heterocycles. The lowest BCUT2D eigenvalue weighted by Crippen LogP contribution is -2.45. The second-order valence-electron chi connectivity index (χ2n) is 1.86. The standard InChI is InChI=1S/C5H10N3O/c6-5-7-8-1-3-9-4-2-8/h5,7H,1-4H2. The highest BCUT2D eigenvalue weighted by atomic mass is 16.5. The van der Waals surface area contributed by atoms with Gasteiger partial charge in [0.05, 0.1) is 13.2 Å². The Morgan fingerprint density at radius 3 is 2.67 bits per heavy atom. The first-order valence-electron chi connectivity index (χ1n) is 2.98. The molecule has 0 amide bonds. The van der Waals surface area contributed by atoms with Crippen molar-refractivity contribution in [3.63, 3.8) is 0 Å².